The van der Waals surface area contributed by atoms with Crippen molar-refractivity contribution in [2.75, 3.05) is 27.7 Å². The van der Waals surface area contributed by atoms with Crippen molar-refractivity contribution in [3.8, 4) is 0 Å². The van der Waals surface area contributed by atoms with Crippen LogP contribution in [0.15, 0.2) is 10.3 Å². The molecule has 0 fully saturated rings. The largest absolute Gasteiger partial charge is 1.00 e. The van der Waals surface area contributed by atoms with E-state index in [4.69, 9.17) is 10.4 Å². The number of oxime groups is 2. The van der Waals surface area contributed by atoms with Gasteiger partial charge in [0.25, 0.3) is 0 Å². The molecule has 0 aliphatic heterocycles. The van der Waals surface area contributed by atoms with Crippen LogP contribution in [0.1, 0.15) is 6.92 Å². The van der Waals surface area contributed by atoms with Gasteiger partial charge in [0.2, 0.25) is 0 Å². The third-order valence-corrected chi connectivity index (χ3v) is 1.31. The lowest BCUT2D eigenvalue weighted by atomic mass is 10.2. The molecule has 2 N–H and O–H groups in total. The molecule has 0 saturated carbocycles. The van der Waals surface area contributed by atoms with Crippen LogP contribution in [-0.4, -0.2) is 54.0 Å². The molecule has 5 nitrogen and oxygen atoms in total. The lowest BCUT2D eigenvalue weighted by Gasteiger charge is -2.23. The van der Waals surface area contributed by atoms with Gasteiger partial charge in [-0.3, -0.25) is 0 Å². The van der Waals surface area contributed by atoms with Gasteiger partial charge in [-0.1, -0.05) is 10.3 Å². The Morgan fingerprint density at radius 1 is 1.15 bits per heavy atom. The maximum absolute atomic E-state index is 8.58. The molecule has 6 heteroatoms. The summed E-state index contributed by atoms with van der Waals surface area (Å²) < 4.78 is 0.617. The van der Waals surface area contributed by atoms with Gasteiger partial charge in [-0.2, -0.15) is 0 Å². The summed E-state index contributed by atoms with van der Waals surface area (Å²) in [6, 6.07) is 0. The van der Waals surface area contributed by atoms with Crippen molar-refractivity contribution in [1.29, 1.82) is 0 Å². The summed E-state index contributed by atoms with van der Waals surface area (Å²) in [7, 11) is 5.86. The highest BCUT2D eigenvalue weighted by Gasteiger charge is 2.15. The molecule has 0 amide bonds. The average Bonchev–Trinajstić information content (AvgIpc) is 1.97. The van der Waals surface area contributed by atoms with E-state index in [1.807, 2.05) is 21.1 Å². The number of rotatable bonds is 3. The highest BCUT2D eigenvalue weighted by atomic mass is 127. The smallest absolute Gasteiger partial charge is 0.158 e. The van der Waals surface area contributed by atoms with Crippen LogP contribution in [0.2, 0.25) is 0 Å². The molecule has 0 aliphatic carbocycles. The number of hydrogen-bond donors (Lipinski definition) is 2. The number of nitrogens with zero attached hydrogens (tertiary/aromatic N) is 3. The van der Waals surface area contributed by atoms with Crippen LogP contribution in [0.4, 0.5) is 0 Å². The van der Waals surface area contributed by atoms with E-state index in [0.717, 1.165) is 0 Å². The van der Waals surface area contributed by atoms with Crippen LogP contribution in [0, 0.1) is 0 Å². The predicted molar refractivity (Wildman–Crippen MR) is 47.0 cm³/mol. The molecule has 0 atom stereocenters. The standard InChI is InChI=1S/C7H15N3O2.HI/c1-6(8-11)7(9-12)5-10(2,3)4;/h5H2,1-4H3,(H-,11,12);1H/b8-6+,9-7-;. The van der Waals surface area contributed by atoms with Gasteiger partial charge in [0.1, 0.15) is 12.3 Å². The number of quaternary nitrogens is 1. The Balaban J connectivity index is 0. The van der Waals surface area contributed by atoms with Gasteiger partial charge in [-0.15, -0.1) is 0 Å². The van der Waals surface area contributed by atoms with Crippen molar-refractivity contribution >= 4 is 11.4 Å². The first kappa shape index (κ1) is 15.1. The molecule has 0 aromatic carbocycles. The first-order chi connectivity index (χ1) is 5.40. The second-order valence-electron chi connectivity index (χ2n) is 3.68. The van der Waals surface area contributed by atoms with Crippen molar-refractivity contribution in [3.63, 3.8) is 0 Å². The minimum Gasteiger partial charge on any atom is -1.00 e. The summed E-state index contributed by atoms with van der Waals surface area (Å²) in [6.07, 6.45) is 0. The van der Waals surface area contributed by atoms with Crippen LogP contribution in [0.25, 0.3) is 0 Å². The van der Waals surface area contributed by atoms with Crippen molar-refractivity contribution in [1.82, 2.24) is 0 Å². The minimum absolute atomic E-state index is 0. The Bertz CT molecular complexity index is 208. The summed E-state index contributed by atoms with van der Waals surface area (Å²) in [6.45, 7) is 2.11. The maximum Gasteiger partial charge on any atom is 0.158 e. The topological polar surface area (TPSA) is 65.2 Å². The minimum atomic E-state index is 0. The zero-order valence-electron chi connectivity index (χ0n) is 8.32. The third kappa shape index (κ3) is 6.76. The predicted octanol–water partition coefficient (Wildman–Crippen LogP) is -2.62. The van der Waals surface area contributed by atoms with E-state index in [-0.39, 0.29) is 24.0 Å². The molecule has 0 unspecified atom stereocenters. The van der Waals surface area contributed by atoms with Crippen molar-refractivity contribution in [3.05, 3.63) is 0 Å². The SMILES string of the molecule is CC(=N\O)/C(C[N+](C)(C)C)=N\O.[I-]. The Kier molecular flexibility index (Phi) is 7.14. The second-order valence-corrected chi connectivity index (χ2v) is 3.68. The lowest BCUT2D eigenvalue weighted by Crippen LogP contribution is -3.00. The zero-order valence-corrected chi connectivity index (χ0v) is 10.5. The quantitative estimate of drug-likeness (QED) is 0.197. The van der Waals surface area contributed by atoms with Crippen molar-refractivity contribution in [2.45, 2.75) is 6.92 Å². The van der Waals surface area contributed by atoms with Gasteiger partial charge in [0.15, 0.2) is 5.71 Å². The average molecular weight is 301 g/mol. The van der Waals surface area contributed by atoms with Crippen LogP contribution in [0.3, 0.4) is 0 Å². The van der Waals surface area contributed by atoms with E-state index in [1.165, 1.54) is 0 Å². The molecule has 0 aliphatic rings. The van der Waals surface area contributed by atoms with E-state index >= 15 is 0 Å². The monoisotopic (exact) mass is 301 g/mol. The first-order valence-corrected chi connectivity index (χ1v) is 3.61. The maximum atomic E-state index is 8.58. The molecule has 0 saturated heterocycles. The number of halogens is 1. The molecule has 13 heavy (non-hydrogen) atoms. The fraction of sp³-hybridized carbons (Fsp3) is 0.714. The molecule has 0 heterocycles. The zero-order chi connectivity index (χ0) is 9.78. The Labute approximate surface area is 95.3 Å². The summed E-state index contributed by atoms with van der Waals surface area (Å²) in [5.74, 6) is 0. The van der Waals surface area contributed by atoms with Gasteiger partial charge in [0, 0.05) is 0 Å². The number of hydrogen-bond acceptors (Lipinski definition) is 4. The molecule has 0 rings (SSSR count). The van der Waals surface area contributed by atoms with Gasteiger partial charge in [-0.05, 0) is 6.92 Å². The summed E-state index contributed by atoms with van der Waals surface area (Å²) in [5.41, 5.74) is 0.732. The van der Waals surface area contributed by atoms with Gasteiger partial charge < -0.3 is 38.9 Å². The molecule has 0 aromatic rings. The molecule has 0 radical (unpaired) electrons. The molecular formula is C7H16IN3O2. The highest BCUT2D eigenvalue weighted by Crippen LogP contribution is 1.94. The van der Waals surface area contributed by atoms with E-state index in [9.17, 15) is 0 Å². The van der Waals surface area contributed by atoms with E-state index in [1.54, 1.807) is 6.92 Å². The highest BCUT2D eigenvalue weighted by molar-refractivity contribution is 6.41. The van der Waals surface area contributed by atoms with E-state index < -0.39 is 0 Å². The Hall–Kier alpha value is -0.370. The van der Waals surface area contributed by atoms with Gasteiger partial charge in [-0.25, -0.2) is 0 Å². The van der Waals surface area contributed by atoms with Crippen LogP contribution in [0.5, 0.6) is 0 Å². The molecule has 0 spiro atoms. The van der Waals surface area contributed by atoms with Crippen LogP contribution < -0.4 is 24.0 Å². The molecule has 0 bridgehead atoms. The normalized spacial score (nSPS) is 13.8. The lowest BCUT2D eigenvalue weighted by molar-refractivity contribution is -0.860. The van der Waals surface area contributed by atoms with Crippen molar-refractivity contribution in [2.24, 2.45) is 10.3 Å². The van der Waals surface area contributed by atoms with E-state index in [2.05, 4.69) is 10.3 Å². The van der Waals surface area contributed by atoms with Gasteiger partial charge in [0.05, 0.1) is 21.1 Å². The fourth-order valence-corrected chi connectivity index (χ4v) is 0.725. The Morgan fingerprint density at radius 3 is 1.85 bits per heavy atom. The molecule has 78 valence electrons. The molecule has 0 aromatic heterocycles. The van der Waals surface area contributed by atoms with Gasteiger partial charge >= 0.3 is 0 Å². The summed E-state index contributed by atoms with van der Waals surface area (Å²) in [4.78, 5) is 0. The third-order valence-electron chi connectivity index (χ3n) is 1.31. The van der Waals surface area contributed by atoms with E-state index in [0.29, 0.717) is 22.5 Å². The van der Waals surface area contributed by atoms with Crippen LogP contribution in [-0.2, 0) is 0 Å². The first-order valence-electron chi connectivity index (χ1n) is 3.61. The van der Waals surface area contributed by atoms with Crippen LogP contribution >= 0.6 is 0 Å². The fourth-order valence-electron chi connectivity index (χ4n) is 0.725. The second kappa shape index (κ2) is 6.14. The molecular weight excluding hydrogens is 285 g/mol. The van der Waals surface area contributed by atoms with Crippen molar-refractivity contribution < 1.29 is 38.9 Å². The Morgan fingerprint density at radius 2 is 1.62 bits per heavy atom. The summed E-state index contributed by atoms with van der Waals surface area (Å²) in [5, 5.41) is 23.0. The summed E-state index contributed by atoms with van der Waals surface area (Å²) >= 11 is 0.